The van der Waals surface area contributed by atoms with Gasteiger partial charge in [0.2, 0.25) is 11.8 Å². The first-order valence-electron chi connectivity index (χ1n) is 8.85. The fourth-order valence-electron chi connectivity index (χ4n) is 4.12. The molecule has 0 bridgehead atoms. The number of para-hydroxylation sites is 1. The van der Waals surface area contributed by atoms with E-state index in [1.54, 1.807) is 0 Å². The van der Waals surface area contributed by atoms with Crippen LogP contribution in [0.4, 0.5) is 5.69 Å². The van der Waals surface area contributed by atoms with Crippen molar-refractivity contribution in [2.45, 2.75) is 24.7 Å². The van der Waals surface area contributed by atoms with Crippen molar-refractivity contribution in [2.75, 3.05) is 45.2 Å². The normalized spacial score (nSPS) is 25.9. The molecule has 1 aromatic rings. The van der Waals surface area contributed by atoms with Crippen LogP contribution >= 0.6 is 0 Å². The first kappa shape index (κ1) is 15.6. The average molecular weight is 327 g/mol. The quantitative estimate of drug-likeness (QED) is 0.841. The van der Waals surface area contributed by atoms with Crippen molar-refractivity contribution >= 4 is 17.5 Å². The molecule has 0 unspecified atom stereocenters. The number of carbonyl (C=O) groups is 2. The van der Waals surface area contributed by atoms with Gasteiger partial charge in [0, 0.05) is 25.3 Å². The highest BCUT2D eigenvalue weighted by atomic mass is 16.2. The van der Waals surface area contributed by atoms with Gasteiger partial charge in [0.05, 0.1) is 12.0 Å². The monoisotopic (exact) mass is 327 g/mol. The Hall–Kier alpha value is -1.88. The van der Waals surface area contributed by atoms with Crippen molar-refractivity contribution in [3.8, 4) is 0 Å². The number of rotatable bonds is 4. The Kier molecular flexibility index (Phi) is 3.64. The fourth-order valence-corrected chi connectivity index (χ4v) is 4.12. The van der Waals surface area contributed by atoms with Gasteiger partial charge in [-0.2, -0.15) is 0 Å². The van der Waals surface area contributed by atoms with Gasteiger partial charge in [-0.25, -0.2) is 0 Å². The van der Waals surface area contributed by atoms with Gasteiger partial charge in [-0.3, -0.25) is 9.59 Å². The molecule has 4 rings (SSSR count). The highest BCUT2D eigenvalue weighted by Crippen LogP contribution is 2.48. The molecule has 1 spiro atoms. The Bertz CT molecular complexity index is 683. The molecule has 0 aromatic heterocycles. The van der Waals surface area contributed by atoms with E-state index in [1.165, 1.54) is 12.8 Å². The number of nitrogens with zero attached hydrogens (tertiary/aromatic N) is 3. The molecule has 1 atom stereocenters. The summed E-state index contributed by atoms with van der Waals surface area (Å²) in [6.45, 7) is 2.43. The molecule has 1 aliphatic carbocycles. The predicted octanol–water partition coefficient (Wildman–Crippen LogP) is 1.47. The first-order valence-corrected chi connectivity index (χ1v) is 8.85. The van der Waals surface area contributed by atoms with E-state index in [4.69, 9.17) is 0 Å². The molecule has 1 saturated carbocycles. The first-order chi connectivity index (χ1) is 11.5. The van der Waals surface area contributed by atoms with Crippen LogP contribution in [0.2, 0.25) is 0 Å². The maximum absolute atomic E-state index is 13.3. The van der Waals surface area contributed by atoms with Crippen LogP contribution in [-0.2, 0) is 15.0 Å². The Morgan fingerprint density at radius 1 is 1.29 bits per heavy atom. The summed E-state index contributed by atoms with van der Waals surface area (Å²) < 4.78 is 0. The molecule has 128 valence electrons. The molecule has 2 aliphatic heterocycles. The second-order valence-electron chi connectivity index (χ2n) is 7.76. The Morgan fingerprint density at radius 2 is 2.04 bits per heavy atom. The molecule has 3 aliphatic rings. The molecule has 2 fully saturated rings. The van der Waals surface area contributed by atoms with E-state index in [0.29, 0.717) is 25.6 Å². The minimum absolute atomic E-state index is 0.114. The maximum atomic E-state index is 13.3. The van der Waals surface area contributed by atoms with Crippen LogP contribution in [0.15, 0.2) is 24.3 Å². The molecule has 2 heterocycles. The van der Waals surface area contributed by atoms with Gasteiger partial charge in [-0.05, 0) is 50.9 Å². The lowest BCUT2D eigenvalue weighted by atomic mass is 9.81. The van der Waals surface area contributed by atoms with E-state index in [9.17, 15) is 9.59 Å². The summed E-state index contributed by atoms with van der Waals surface area (Å²) in [5, 5.41) is 0. The van der Waals surface area contributed by atoms with Crippen molar-refractivity contribution < 1.29 is 9.59 Å². The summed E-state index contributed by atoms with van der Waals surface area (Å²) in [6.07, 6.45) is 3.20. The molecule has 0 radical (unpaired) electrons. The smallest absolute Gasteiger partial charge is 0.239 e. The van der Waals surface area contributed by atoms with Gasteiger partial charge >= 0.3 is 0 Å². The van der Waals surface area contributed by atoms with Crippen LogP contribution in [0.1, 0.15) is 24.8 Å². The molecule has 5 nitrogen and oxygen atoms in total. The summed E-state index contributed by atoms with van der Waals surface area (Å²) in [6, 6.07) is 8.17. The zero-order chi connectivity index (χ0) is 16.9. The van der Waals surface area contributed by atoms with Crippen LogP contribution < -0.4 is 4.90 Å². The molecule has 1 aromatic carbocycles. The van der Waals surface area contributed by atoms with Crippen molar-refractivity contribution in [3.05, 3.63) is 29.8 Å². The highest BCUT2D eigenvalue weighted by Gasteiger charge is 2.55. The minimum Gasteiger partial charge on any atom is -0.340 e. The number of amides is 2. The van der Waals surface area contributed by atoms with Crippen molar-refractivity contribution in [1.82, 2.24) is 9.80 Å². The number of likely N-dealkylation sites (tertiary alicyclic amines) is 1. The van der Waals surface area contributed by atoms with E-state index < -0.39 is 5.41 Å². The number of hydrogen-bond donors (Lipinski definition) is 0. The molecule has 0 N–H and O–H groups in total. The van der Waals surface area contributed by atoms with E-state index in [0.717, 1.165) is 24.2 Å². The summed E-state index contributed by atoms with van der Waals surface area (Å²) in [4.78, 5) is 31.5. The lowest BCUT2D eigenvalue weighted by Crippen LogP contribution is -2.45. The Morgan fingerprint density at radius 3 is 2.75 bits per heavy atom. The SMILES string of the molecule is CN(C)CC(=O)N1CC[C@@]2(C1)C(=O)N(CC1CC1)c1ccccc12. The van der Waals surface area contributed by atoms with Gasteiger partial charge in [0.1, 0.15) is 0 Å². The predicted molar refractivity (Wildman–Crippen MR) is 92.9 cm³/mol. The third kappa shape index (κ3) is 2.42. The summed E-state index contributed by atoms with van der Waals surface area (Å²) >= 11 is 0. The van der Waals surface area contributed by atoms with Crippen molar-refractivity contribution in [3.63, 3.8) is 0 Å². The van der Waals surface area contributed by atoms with Gasteiger partial charge in [0.15, 0.2) is 0 Å². The topological polar surface area (TPSA) is 43.9 Å². The number of benzene rings is 1. The maximum Gasteiger partial charge on any atom is 0.239 e. The average Bonchev–Trinajstić information content (AvgIpc) is 3.21. The standard InChI is InChI=1S/C19H25N3O2/c1-20(2)12-17(23)21-10-9-19(13-21)15-5-3-4-6-16(15)22(18(19)24)11-14-7-8-14/h3-6,14H,7-13H2,1-2H3/t19-/m0/s1. The molecule has 5 heteroatoms. The summed E-state index contributed by atoms with van der Waals surface area (Å²) in [5.41, 5.74) is 1.67. The molecule has 1 saturated heterocycles. The van der Waals surface area contributed by atoms with Crippen LogP contribution in [-0.4, -0.2) is 61.9 Å². The second kappa shape index (κ2) is 5.59. The number of carbonyl (C=O) groups excluding carboxylic acids is 2. The third-order valence-corrected chi connectivity index (χ3v) is 5.58. The summed E-state index contributed by atoms with van der Waals surface area (Å²) in [7, 11) is 3.80. The molecular formula is C19H25N3O2. The second-order valence-corrected chi connectivity index (χ2v) is 7.76. The van der Waals surface area contributed by atoms with Gasteiger partial charge in [-0.15, -0.1) is 0 Å². The van der Waals surface area contributed by atoms with Crippen molar-refractivity contribution in [2.24, 2.45) is 5.92 Å². The zero-order valence-electron chi connectivity index (χ0n) is 14.5. The Balaban J connectivity index is 1.63. The number of likely N-dealkylation sites (N-methyl/N-ethyl adjacent to an activating group) is 1. The van der Waals surface area contributed by atoms with Gasteiger partial charge in [0.25, 0.3) is 0 Å². The van der Waals surface area contributed by atoms with Crippen molar-refractivity contribution in [1.29, 1.82) is 0 Å². The van der Waals surface area contributed by atoms with Gasteiger partial charge < -0.3 is 14.7 Å². The summed E-state index contributed by atoms with van der Waals surface area (Å²) in [5.74, 6) is 0.976. The van der Waals surface area contributed by atoms with E-state index in [2.05, 4.69) is 12.1 Å². The van der Waals surface area contributed by atoms with Crippen LogP contribution in [0.25, 0.3) is 0 Å². The molecular weight excluding hydrogens is 302 g/mol. The zero-order valence-corrected chi connectivity index (χ0v) is 14.5. The van der Waals surface area contributed by atoms with E-state index >= 15 is 0 Å². The number of fused-ring (bicyclic) bond motifs is 2. The number of hydrogen-bond acceptors (Lipinski definition) is 3. The fraction of sp³-hybridized carbons (Fsp3) is 0.579. The molecule has 2 amide bonds. The largest absolute Gasteiger partial charge is 0.340 e. The number of anilines is 1. The third-order valence-electron chi connectivity index (χ3n) is 5.58. The van der Waals surface area contributed by atoms with E-state index in [-0.39, 0.29) is 11.8 Å². The minimum atomic E-state index is -0.520. The van der Waals surface area contributed by atoms with Crippen LogP contribution in [0.3, 0.4) is 0 Å². The van der Waals surface area contributed by atoms with E-state index in [1.807, 2.05) is 40.9 Å². The van der Waals surface area contributed by atoms with Crippen LogP contribution in [0.5, 0.6) is 0 Å². The highest BCUT2D eigenvalue weighted by molar-refractivity contribution is 6.09. The lowest BCUT2D eigenvalue weighted by molar-refractivity contribution is -0.131. The van der Waals surface area contributed by atoms with Gasteiger partial charge in [-0.1, -0.05) is 18.2 Å². The Labute approximate surface area is 143 Å². The van der Waals surface area contributed by atoms with Crippen LogP contribution in [0, 0.1) is 5.92 Å². The molecule has 24 heavy (non-hydrogen) atoms. The lowest BCUT2D eigenvalue weighted by Gasteiger charge is -2.25.